The highest BCUT2D eigenvalue weighted by Gasteiger charge is 2.22. The molecule has 0 heterocycles. The average Bonchev–Trinajstić information content (AvgIpc) is 1.67. The molecule has 0 spiro atoms. The summed E-state index contributed by atoms with van der Waals surface area (Å²) >= 11 is 0. The van der Waals surface area contributed by atoms with Crippen LogP contribution in [0.15, 0.2) is 11.5 Å². The lowest BCUT2D eigenvalue weighted by molar-refractivity contribution is 0.435. The largest absolute Gasteiger partial charge is 0.118 e. The molecule has 0 amide bonds. The Balaban J connectivity index is 2.49. The molecule has 1 heteroatoms. The first-order valence-corrected chi connectivity index (χ1v) is 3.23. The third-order valence-electron chi connectivity index (χ3n) is 1.96. The van der Waals surface area contributed by atoms with Crippen LogP contribution in [0, 0.1) is 11.8 Å². The summed E-state index contributed by atoms with van der Waals surface area (Å²) in [7, 11) is 5.58. The van der Waals surface area contributed by atoms with E-state index >= 15 is 0 Å². The summed E-state index contributed by atoms with van der Waals surface area (Å²) in [6.07, 6.45) is 3.33. The Labute approximate surface area is 52.4 Å². The third-order valence-corrected chi connectivity index (χ3v) is 1.96. The number of hydrogen-bond donors (Lipinski definition) is 0. The van der Waals surface area contributed by atoms with Crippen molar-refractivity contribution in [1.82, 2.24) is 0 Å². The lowest BCUT2D eigenvalue weighted by Gasteiger charge is -2.31. The summed E-state index contributed by atoms with van der Waals surface area (Å²) in [5.41, 5.74) is 1.10. The minimum Gasteiger partial charge on any atom is -0.118 e. The highest BCUT2D eigenvalue weighted by Crippen LogP contribution is 2.32. The summed E-state index contributed by atoms with van der Waals surface area (Å²) < 4.78 is 0. The molecule has 0 aliphatic heterocycles. The third kappa shape index (κ3) is 0.703. The molecule has 2 unspecified atom stereocenters. The van der Waals surface area contributed by atoms with Gasteiger partial charge < -0.3 is 0 Å². The van der Waals surface area contributed by atoms with E-state index < -0.39 is 0 Å². The first-order valence-electron chi connectivity index (χ1n) is 3.23. The number of allylic oxidation sites excluding steroid dienone is 2. The molecule has 1 aliphatic carbocycles. The Hall–Kier alpha value is -0.195. The molecule has 0 nitrogen and oxygen atoms in total. The number of hydrogen-bond acceptors (Lipinski definition) is 0. The normalized spacial score (nSPS) is 36.0. The highest BCUT2D eigenvalue weighted by atomic mass is 14.2. The molecule has 0 aromatic carbocycles. The molecule has 0 N–H and O–H groups in total. The summed E-state index contributed by atoms with van der Waals surface area (Å²) in [6, 6.07) is 0. The minimum atomic E-state index is 0.690. The van der Waals surface area contributed by atoms with Crippen LogP contribution in [0.1, 0.15) is 20.3 Å². The van der Waals surface area contributed by atoms with Crippen molar-refractivity contribution in [2.75, 3.05) is 0 Å². The zero-order valence-electron chi connectivity index (χ0n) is 5.52. The Morgan fingerprint density at radius 2 is 2.38 bits per heavy atom. The molecule has 42 valence electrons. The maximum atomic E-state index is 5.58. The van der Waals surface area contributed by atoms with Crippen LogP contribution in [0.4, 0.5) is 0 Å². The second-order valence-electron chi connectivity index (χ2n) is 2.54. The van der Waals surface area contributed by atoms with E-state index in [1.165, 1.54) is 6.42 Å². The van der Waals surface area contributed by atoms with Crippen LogP contribution < -0.4 is 0 Å². The van der Waals surface area contributed by atoms with Crippen LogP contribution in [0.5, 0.6) is 0 Å². The van der Waals surface area contributed by atoms with E-state index in [0.717, 1.165) is 11.4 Å². The zero-order chi connectivity index (χ0) is 6.15. The van der Waals surface area contributed by atoms with Crippen molar-refractivity contribution in [3.8, 4) is 0 Å². The van der Waals surface area contributed by atoms with Crippen LogP contribution in [0.3, 0.4) is 0 Å². The van der Waals surface area contributed by atoms with Crippen LogP contribution in [0.2, 0.25) is 0 Å². The quantitative estimate of drug-likeness (QED) is 0.446. The van der Waals surface area contributed by atoms with Crippen molar-refractivity contribution in [3.63, 3.8) is 0 Å². The number of rotatable bonds is 1. The van der Waals surface area contributed by atoms with E-state index in [9.17, 15) is 0 Å². The van der Waals surface area contributed by atoms with Gasteiger partial charge in [-0.15, -0.1) is 5.47 Å². The topological polar surface area (TPSA) is 0 Å². The van der Waals surface area contributed by atoms with Gasteiger partial charge in [-0.1, -0.05) is 19.9 Å². The van der Waals surface area contributed by atoms with Gasteiger partial charge in [-0.3, -0.25) is 0 Å². The molecular formula is C7H11B. The van der Waals surface area contributed by atoms with Gasteiger partial charge in [-0.05, 0) is 18.3 Å². The molecular weight excluding hydrogens is 94.9 g/mol. The van der Waals surface area contributed by atoms with Gasteiger partial charge in [0.1, 0.15) is 7.85 Å². The van der Waals surface area contributed by atoms with Gasteiger partial charge in [-0.25, -0.2) is 0 Å². The van der Waals surface area contributed by atoms with E-state index in [0.29, 0.717) is 5.92 Å². The molecule has 2 atom stereocenters. The minimum absolute atomic E-state index is 0.690. The molecule has 0 bridgehead atoms. The second kappa shape index (κ2) is 1.96. The SMILES string of the molecule is [B]C1=CC(C)C1CC. The Morgan fingerprint density at radius 3 is 2.50 bits per heavy atom. The standard InChI is InChI=1S/C7H11B/c1-3-6-5(2)4-7(6)8/h4-6H,3H2,1-2H3. The molecule has 0 aromatic rings. The van der Waals surface area contributed by atoms with E-state index in [1.807, 2.05) is 0 Å². The molecule has 8 heavy (non-hydrogen) atoms. The predicted octanol–water partition coefficient (Wildman–Crippen LogP) is 1.71. The first kappa shape index (κ1) is 5.93. The Kier molecular flexibility index (Phi) is 1.46. The van der Waals surface area contributed by atoms with E-state index in [2.05, 4.69) is 19.9 Å². The lowest BCUT2D eigenvalue weighted by atomic mass is 9.66. The fraction of sp³-hybridized carbons (Fsp3) is 0.714. The van der Waals surface area contributed by atoms with Crippen LogP contribution in [-0.4, -0.2) is 7.85 Å². The Bertz CT molecular complexity index is 116. The molecule has 0 aromatic heterocycles. The van der Waals surface area contributed by atoms with Gasteiger partial charge in [0, 0.05) is 0 Å². The van der Waals surface area contributed by atoms with E-state index in [4.69, 9.17) is 7.85 Å². The van der Waals surface area contributed by atoms with E-state index in [-0.39, 0.29) is 0 Å². The van der Waals surface area contributed by atoms with Gasteiger partial charge in [0.15, 0.2) is 0 Å². The van der Waals surface area contributed by atoms with Gasteiger partial charge in [0.05, 0.1) is 0 Å². The highest BCUT2D eigenvalue weighted by molar-refractivity contribution is 6.22. The monoisotopic (exact) mass is 106 g/mol. The predicted molar refractivity (Wildman–Crippen MR) is 36.8 cm³/mol. The van der Waals surface area contributed by atoms with Gasteiger partial charge in [0.25, 0.3) is 0 Å². The molecule has 1 rings (SSSR count). The smallest absolute Gasteiger partial charge is 0.107 e. The lowest BCUT2D eigenvalue weighted by Crippen LogP contribution is -2.21. The first-order chi connectivity index (χ1) is 3.75. The van der Waals surface area contributed by atoms with Crippen LogP contribution in [-0.2, 0) is 0 Å². The molecule has 1 aliphatic rings. The van der Waals surface area contributed by atoms with Crippen molar-refractivity contribution in [2.45, 2.75) is 20.3 Å². The average molecular weight is 106 g/mol. The van der Waals surface area contributed by atoms with Gasteiger partial charge in [-0.2, -0.15) is 0 Å². The van der Waals surface area contributed by atoms with Crippen molar-refractivity contribution < 1.29 is 0 Å². The molecule has 0 fully saturated rings. The fourth-order valence-corrected chi connectivity index (χ4v) is 1.34. The summed E-state index contributed by atoms with van der Waals surface area (Å²) in [6.45, 7) is 4.39. The molecule has 0 saturated carbocycles. The van der Waals surface area contributed by atoms with Crippen LogP contribution >= 0.6 is 0 Å². The molecule has 0 saturated heterocycles. The van der Waals surface area contributed by atoms with E-state index in [1.54, 1.807) is 0 Å². The second-order valence-corrected chi connectivity index (χ2v) is 2.54. The van der Waals surface area contributed by atoms with Gasteiger partial charge >= 0.3 is 0 Å². The van der Waals surface area contributed by atoms with Crippen molar-refractivity contribution >= 4 is 7.85 Å². The summed E-state index contributed by atoms with van der Waals surface area (Å²) in [5, 5.41) is 0. The summed E-state index contributed by atoms with van der Waals surface area (Å²) in [5.74, 6) is 1.43. The molecule has 2 radical (unpaired) electrons. The summed E-state index contributed by atoms with van der Waals surface area (Å²) in [4.78, 5) is 0. The maximum Gasteiger partial charge on any atom is 0.107 e. The van der Waals surface area contributed by atoms with Crippen molar-refractivity contribution in [1.29, 1.82) is 0 Å². The van der Waals surface area contributed by atoms with Gasteiger partial charge in [0.2, 0.25) is 0 Å². The fourth-order valence-electron chi connectivity index (χ4n) is 1.34. The van der Waals surface area contributed by atoms with Crippen LogP contribution in [0.25, 0.3) is 0 Å². The maximum absolute atomic E-state index is 5.58. The van der Waals surface area contributed by atoms with Crippen molar-refractivity contribution in [2.24, 2.45) is 11.8 Å². The Morgan fingerprint density at radius 1 is 1.75 bits per heavy atom. The van der Waals surface area contributed by atoms with Crippen molar-refractivity contribution in [3.05, 3.63) is 11.5 Å². The zero-order valence-corrected chi connectivity index (χ0v) is 5.52.